The zero-order chi connectivity index (χ0) is 26.9. The molecule has 0 aliphatic carbocycles. The van der Waals surface area contributed by atoms with Gasteiger partial charge >= 0.3 is 6.03 Å². The van der Waals surface area contributed by atoms with Gasteiger partial charge in [0.1, 0.15) is 4.21 Å². The van der Waals surface area contributed by atoms with Crippen molar-refractivity contribution >= 4 is 72.7 Å². The predicted molar refractivity (Wildman–Crippen MR) is 150 cm³/mol. The van der Waals surface area contributed by atoms with Crippen molar-refractivity contribution in [1.29, 1.82) is 0 Å². The van der Waals surface area contributed by atoms with Crippen molar-refractivity contribution in [1.82, 2.24) is 14.2 Å². The SMILES string of the molecule is CNc1ccc2c(=O)n(-c3ccc(NC(=O)NS(=O)(=O)c4ccc(Cl)s4)cc3Cl)cc(CN(C)C)c2c1. The number of urea groups is 1. The van der Waals surface area contributed by atoms with E-state index >= 15 is 0 Å². The van der Waals surface area contributed by atoms with E-state index in [9.17, 15) is 18.0 Å². The Morgan fingerprint density at radius 3 is 2.38 bits per heavy atom. The minimum atomic E-state index is -4.08. The average Bonchev–Trinajstić information content (AvgIpc) is 3.27. The number of carbonyl (C=O) groups excluding carboxylic acids is 1. The van der Waals surface area contributed by atoms with Gasteiger partial charge in [0, 0.05) is 36.6 Å². The van der Waals surface area contributed by atoms with Crippen LogP contribution in [0.4, 0.5) is 16.2 Å². The van der Waals surface area contributed by atoms with E-state index in [-0.39, 0.29) is 24.8 Å². The Hall–Kier alpha value is -3.09. The molecule has 0 aliphatic heterocycles. The maximum absolute atomic E-state index is 13.4. The Bertz CT molecular complexity index is 1670. The van der Waals surface area contributed by atoms with Crippen LogP contribution in [0.15, 0.2) is 63.7 Å². The molecule has 2 aromatic heterocycles. The molecule has 2 heterocycles. The number of pyridine rings is 1. The van der Waals surface area contributed by atoms with E-state index in [1.807, 2.05) is 42.9 Å². The summed E-state index contributed by atoms with van der Waals surface area (Å²) >= 11 is 13.1. The molecule has 0 aliphatic rings. The van der Waals surface area contributed by atoms with Gasteiger partial charge in [0.05, 0.1) is 15.0 Å². The molecule has 0 bridgehead atoms. The number of hydrogen-bond acceptors (Lipinski definition) is 7. The Morgan fingerprint density at radius 2 is 1.76 bits per heavy atom. The second kappa shape index (κ2) is 10.7. The second-order valence-electron chi connectivity index (χ2n) is 8.36. The summed E-state index contributed by atoms with van der Waals surface area (Å²) in [5.74, 6) is 0. The first-order valence-corrected chi connectivity index (χ1v) is 13.9. The van der Waals surface area contributed by atoms with Crippen molar-refractivity contribution < 1.29 is 13.2 Å². The van der Waals surface area contributed by atoms with Gasteiger partial charge < -0.3 is 15.5 Å². The molecule has 2 aromatic carbocycles. The van der Waals surface area contributed by atoms with Crippen LogP contribution in [0.5, 0.6) is 0 Å². The summed E-state index contributed by atoms with van der Waals surface area (Å²) < 4.78 is 28.3. The lowest BCUT2D eigenvalue weighted by Crippen LogP contribution is -2.34. The highest BCUT2D eigenvalue weighted by molar-refractivity contribution is 7.92. The molecule has 194 valence electrons. The number of halogens is 2. The van der Waals surface area contributed by atoms with E-state index < -0.39 is 16.1 Å². The van der Waals surface area contributed by atoms with Crippen molar-refractivity contribution in [3.05, 3.63) is 80.0 Å². The van der Waals surface area contributed by atoms with Gasteiger partial charge in [0.15, 0.2) is 0 Å². The topological polar surface area (TPSA) is 113 Å². The van der Waals surface area contributed by atoms with Crippen LogP contribution >= 0.6 is 34.5 Å². The van der Waals surface area contributed by atoms with Crippen molar-refractivity contribution in [3.63, 3.8) is 0 Å². The van der Waals surface area contributed by atoms with E-state index in [0.717, 1.165) is 28.0 Å². The highest BCUT2D eigenvalue weighted by atomic mass is 35.5. The lowest BCUT2D eigenvalue weighted by Gasteiger charge is -2.17. The molecular weight excluding hydrogens is 557 g/mol. The lowest BCUT2D eigenvalue weighted by atomic mass is 10.1. The van der Waals surface area contributed by atoms with Crippen LogP contribution in [0.25, 0.3) is 16.5 Å². The molecule has 4 aromatic rings. The summed E-state index contributed by atoms with van der Waals surface area (Å²) in [6.45, 7) is 0.589. The Kier molecular flexibility index (Phi) is 7.81. The molecule has 0 atom stereocenters. The fourth-order valence-electron chi connectivity index (χ4n) is 3.76. The standard InChI is InChI=1S/C24H23Cl2N5O4S2/c1-27-15-4-6-17-18(10-15)14(12-30(2)3)13-31(23(17)32)20-7-5-16(11-19(20)25)28-24(33)29-37(34,35)22-9-8-21(26)36-22/h4-11,13,27H,12H2,1-3H3,(H2,28,29,33). The molecule has 0 spiro atoms. The molecule has 0 radical (unpaired) electrons. The van der Waals surface area contributed by atoms with Crippen LogP contribution in [-0.2, 0) is 16.6 Å². The molecule has 0 saturated heterocycles. The first kappa shape index (κ1) is 27.0. The number of sulfonamides is 1. The average molecular weight is 581 g/mol. The number of nitrogens with zero attached hydrogens (tertiary/aromatic N) is 2. The fourth-order valence-corrected chi connectivity index (χ4v) is 6.42. The molecule has 0 fully saturated rings. The monoisotopic (exact) mass is 579 g/mol. The maximum Gasteiger partial charge on any atom is 0.333 e. The number of thiophene rings is 1. The molecule has 9 nitrogen and oxygen atoms in total. The van der Waals surface area contributed by atoms with E-state index in [0.29, 0.717) is 17.6 Å². The number of benzene rings is 2. The van der Waals surface area contributed by atoms with Gasteiger partial charge in [0.25, 0.3) is 15.6 Å². The second-order valence-corrected chi connectivity index (χ2v) is 12.4. The number of carbonyl (C=O) groups is 1. The molecule has 3 N–H and O–H groups in total. The third-order valence-electron chi connectivity index (χ3n) is 5.38. The number of fused-ring (bicyclic) bond motifs is 1. The van der Waals surface area contributed by atoms with Gasteiger partial charge in [-0.15, -0.1) is 11.3 Å². The minimum Gasteiger partial charge on any atom is -0.388 e. The van der Waals surface area contributed by atoms with Crippen molar-refractivity contribution in [2.75, 3.05) is 31.8 Å². The number of amides is 2. The van der Waals surface area contributed by atoms with Crippen LogP contribution in [0.2, 0.25) is 9.36 Å². The molecule has 13 heteroatoms. The number of rotatable bonds is 7. The normalized spacial score (nSPS) is 11.6. The van der Waals surface area contributed by atoms with Crippen LogP contribution in [0, 0.1) is 0 Å². The summed E-state index contributed by atoms with van der Waals surface area (Å²) in [6.07, 6.45) is 1.75. The summed E-state index contributed by atoms with van der Waals surface area (Å²) in [5.41, 5.74) is 2.22. The fraction of sp³-hybridized carbons (Fsp3) is 0.167. The number of hydrogen-bond donors (Lipinski definition) is 3. The van der Waals surface area contributed by atoms with E-state index in [1.165, 1.54) is 28.8 Å². The highest BCUT2D eigenvalue weighted by Gasteiger charge is 2.20. The highest BCUT2D eigenvalue weighted by Crippen LogP contribution is 2.28. The van der Waals surface area contributed by atoms with Gasteiger partial charge in [0.2, 0.25) is 0 Å². The molecule has 0 unspecified atom stereocenters. The van der Waals surface area contributed by atoms with Gasteiger partial charge in [-0.05, 0) is 73.6 Å². The van der Waals surface area contributed by atoms with Crippen molar-refractivity contribution in [2.45, 2.75) is 10.8 Å². The molecule has 0 saturated carbocycles. The quantitative estimate of drug-likeness (QED) is 0.285. The smallest absolute Gasteiger partial charge is 0.333 e. The summed E-state index contributed by atoms with van der Waals surface area (Å²) in [6, 6.07) is 11.9. The first-order chi connectivity index (χ1) is 17.5. The molecule has 37 heavy (non-hydrogen) atoms. The Morgan fingerprint density at radius 1 is 1.03 bits per heavy atom. The zero-order valence-corrected chi connectivity index (χ0v) is 23.1. The minimum absolute atomic E-state index is 0.0907. The number of aromatic nitrogens is 1. The maximum atomic E-state index is 13.4. The Labute approximate surface area is 227 Å². The number of anilines is 2. The van der Waals surface area contributed by atoms with E-state index in [4.69, 9.17) is 23.2 Å². The lowest BCUT2D eigenvalue weighted by molar-refractivity contribution is 0.256. The molecule has 4 rings (SSSR count). The number of nitrogens with one attached hydrogen (secondary N) is 3. The van der Waals surface area contributed by atoms with Gasteiger partial charge in [-0.2, -0.15) is 0 Å². The summed E-state index contributed by atoms with van der Waals surface area (Å²) in [7, 11) is 1.61. The zero-order valence-electron chi connectivity index (χ0n) is 20.0. The molecular formula is C24H23Cl2N5O4S2. The van der Waals surface area contributed by atoms with Crippen molar-refractivity contribution in [3.8, 4) is 5.69 Å². The van der Waals surface area contributed by atoms with Gasteiger partial charge in [-0.3, -0.25) is 9.36 Å². The predicted octanol–water partition coefficient (Wildman–Crippen LogP) is 4.97. The van der Waals surface area contributed by atoms with Crippen LogP contribution in [-0.4, -0.2) is 45.1 Å². The third-order valence-corrected chi connectivity index (χ3v) is 8.74. The van der Waals surface area contributed by atoms with E-state index in [2.05, 4.69) is 10.6 Å². The Balaban J connectivity index is 1.65. The van der Waals surface area contributed by atoms with E-state index in [1.54, 1.807) is 18.3 Å². The van der Waals surface area contributed by atoms with Gasteiger partial charge in [-0.25, -0.2) is 17.9 Å². The van der Waals surface area contributed by atoms with Crippen LogP contribution < -0.4 is 20.9 Å². The summed E-state index contributed by atoms with van der Waals surface area (Å²) in [5, 5.41) is 7.10. The summed E-state index contributed by atoms with van der Waals surface area (Å²) in [4.78, 5) is 27.7. The van der Waals surface area contributed by atoms with Crippen LogP contribution in [0.3, 0.4) is 0 Å². The van der Waals surface area contributed by atoms with Gasteiger partial charge in [-0.1, -0.05) is 23.2 Å². The van der Waals surface area contributed by atoms with Crippen LogP contribution in [0.1, 0.15) is 5.56 Å². The van der Waals surface area contributed by atoms with Crippen molar-refractivity contribution in [2.24, 2.45) is 0 Å². The first-order valence-electron chi connectivity index (χ1n) is 10.9. The third kappa shape index (κ3) is 5.91. The largest absolute Gasteiger partial charge is 0.388 e. The molecule has 2 amide bonds.